The molecule has 2 atom stereocenters. The van der Waals surface area contributed by atoms with Gasteiger partial charge < -0.3 is 14.6 Å². The van der Waals surface area contributed by atoms with Gasteiger partial charge in [0.25, 0.3) is 0 Å². The first-order chi connectivity index (χ1) is 9.43. The van der Waals surface area contributed by atoms with Crippen LogP contribution in [0.15, 0.2) is 4.42 Å². The van der Waals surface area contributed by atoms with Crippen LogP contribution >= 0.6 is 0 Å². The van der Waals surface area contributed by atoms with Gasteiger partial charge >= 0.3 is 6.01 Å². The zero-order valence-corrected chi connectivity index (χ0v) is 13.0. The largest absolute Gasteiger partial charge is 0.406 e. The fourth-order valence-electron chi connectivity index (χ4n) is 2.25. The third-order valence-corrected chi connectivity index (χ3v) is 5.21. The van der Waals surface area contributed by atoms with Gasteiger partial charge in [0.05, 0.1) is 17.5 Å². The molecule has 1 aliphatic heterocycles. The molecule has 0 aromatic carbocycles. The summed E-state index contributed by atoms with van der Waals surface area (Å²) in [5.41, 5.74) is 0. The lowest BCUT2D eigenvalue weighted by Gasteiger charge is -2.31. The van der Waals surface area contributed by atoms with Crippen molar-refractivity contribution in [2.24, 2.45) is 0 Å². The Balaban J connectivity index is 2.05. The Kier molecular flexibility index (Phi) is 4.64. The summed E-state index contributed by atoms with van der Waals surface area (Å²) in [6.45, 7) is 7.21. The van der Waals surface area contributed by atoms with Crippen molar-refractivity contribution in [3.63, 3.8) is 0 Å². The molecule has 1 saturated heterocycles. The number of sulfone groups is 1. The second kappa shape index (κ2) is 6.09. The van der Waals surface area contributed by atoms with Crippen LogP contribution in [-0.2, 0) is 9.84 Å². The maximum absolute atomic E-state index is 11.6. The summed E-state index contributed by atoms with van der Waals surface area (Å²) in [5, 5.41) is 11.4. The van der Waals surface area contributed by atoms with Crippen molar-refractivity contribution in [2.75, 3.05) is 29.5 Å². The van der Waals surface area contributed by atoms with E-state index in [1.165, 1.54) is 0 Å². The highest BCUT2D eigenvalue weighted by Gasteiger charge is 2.31. The topological polar surface area (TPSA) is 88.3 Å². The molecule has 0 radical (unpaired) electrons. The fraction of sp³-hybridized carbons (Fsp3) is 0.833. The highest BCUT2D eigenvalue weighted by atomic mass is 32.2. The van der Waals surface area contributed by atoms with E-state index in [4.69, 9.17) is 4.42 Å². The van der Waals surface area contributed by atoms with Crippen LogP contribution in [0.25, 0.3) is 0 Å². The molecule has 0 amide bonds. The minimum absolute atomic E-state index is 0.0000272. The molecule has 0 aliphatic carbocycles. The molecule has 1 fully saturated rings. The second-order valence-electron chi connectivity index (χ2n) is 5.26. The van der Waals surface area contributed by atoms with Crippen LogP contribution in [0.4, 0.5) is 6.01 Å². The van der Waals surface area contributed by atoms with Crippen LogP contribution in [0.3, 0.4) is 0 Å². The summed E-state index contributed by atoms with van der Waals surface area (Å²) >= 11 is 0. The van der Waals surface area contributed by atoms with Crippen molar-refractivity contribution < 1.29 is 12.8 Å². The molecule has 1 aliphatic rings. The van der Waals surface area contributed by atoms with Gasteiger partial charge in [-0.25, -0.2) is 8.42 Å². The van der Waals surface area contributed by atoms with Crippen LogP contribution in [-0.4, -0.2) is 49.3 Å². The highest BCUT2D eigenvalue weighted by molar-refractivity contribution is 7.91. The number of anilines is 1. The predicted molar refractivity (Wildman–Crippen MR) is 76.5 cm³/mol. The van der Waals surface area contributed by atoms with Crippen molar-refractivity contribution in [3.05, 3.63) is 5.89 Å². The Labute approximate surface area is 119 Å². The minimum atomic E-state index is -2.94. The molecule has 114 valence electrons. The molecule has 8 heteroatoms. The number of aromatic nitrogens is 2. The van der Waals surface area contributed by atoms with Crippen molar-refractivity contribution >= 4 is 15.9 Å². The van der Waals surface area contributed by atoms with Gasteiger partial charge in [0.1, 0.15) is 0 Å². The van der Waals surface area contributed by atoms with Gasteiger partial charge in [0.15, 0.2) is 9.84 Å². The summed E-state index contributed by atoms with van der Waals surface area (Å²) < 4.78 is 28.8. The molecule has 0 spiro atoms. The Hall–Kier alpha value is -1.15. The van der Waals surface area contributed by atoms with Gasteiger partial charge in [-0.05, 0) is 26.8 Å². The molecule has 2 unspecified atom stereocenters. The van der Waals surface area contributed by atoms with Gasteiger partial charge in [-0.1, -0.05) is 12.0 Å². The Morgan fingerprint density at radius 1 is 1.50 bits per heavy atom. The average molecular weight is 302 g/mol. The van der Waals surface area contributed by atoms with Gasteiger partial charge in [-0.2, -0.15) is 0 Å². The molecule has 20 heavy (non-hydrogen) atoms. The maximum atomic E-state index is 11.6. The molecule has 1 aromatic heterocycles. The smallest absolute Gasteiger partial charge is 0.318 e. The Morgan fingerprint density at radius 3 is 2.90 bits per heavy atom. The van der Waals surface area contributed by atoms with Crippen molar-refractivity contribution in [1.82, 2.24) is 15.5 Å². The fourth-order valence-corrected chi connectivity index (χ4v) is 3.80. The van der Waals surface area contributed by atoms with E-state index in [0.29, 0.717) is 18.5 Å². The van der Waals surface area contributed by atoms with E-state index in [2.05, 4.69) is 22.4 Å². The molecule has 0 saturated carbocycles. The van der Waals surface area contributed by atoms with E-state index in [-0.39, 0.29) is 23.6 Å². The standard InChI is InChI=1S/C12H22N4O3S/c1-4-5-13-10(3)11-14-15-12(19-11)16-6-7-20(17,18)8-9(16)2/h9-10,13H,4-8H2,1-3H3. The van der Waals surface area contributed by atoms with E-state index in [1.807, 2.05) is 18.7 Å². The summed E-state index contributed by atoms with van der Waals surface area (Å²) in [4.78, 5) is 1.87. The van der Waals surface area contributed by atoms with Crippen molar-refractivity contribution in [2.45, 2.75) is 39.3 Å². The lowest BCUT2D eigenvalue weighted by atomic mass is 10.3. The van der Waals surface area contributed by atoms with Crippen LogP contribution < -0.4 is 10.2 Å². The first-order valence-corrected chi connectivity index (χ1v) is 8.79. The molecule has 0 bridgehead atoms. The first-order valence-electron chi connectivity index (χ1n) is 6.97. The molecule has 1 aromatic rings. The lowest BCUT2D eigenvalue weighted by Crippen LogP contribution is -2.47. The molecular weight excluding hydrogens is 280 g/mol. The second-order valence-corrected chi connectivity index (χ2v) is 7.48. The van der Waals surface area contributed by atoms with Crippen LogP contribution in [0.5, 0.6) is 0 Å². The quantitative estimate of drug-likeness (QED) is 0.858. The van der Waals surface area contributed by atoms with Crippen LogP contribution in [0, 0.1) is 0 Å². The number of nitrogens with one attached hydrogen (secondary N) is 1. The monoisotopic (exact) mass is 302 g/mol. The molecule has 1 N–H and O–H groups in total. The summed E-state index contributed by atoms with van der Waals surface area (Å²) in [6, 6.07) is 0.272. The lowest BCUT2D eigenvalue weighted by molar-refractivity contribution is 0.409. The zero-order valence-electron chi connectivity index (χ0n) is 12.2. The first kappa shape index (κ1) is 15.2. The van der Waals surface area contributed by atoms with Crippen molar-refractivity contribution in [1.29, 1.82) is 0 Å². The molecule has 7 nitrogen and oxygen atoms in total. The van der Waals surface area contributed by atoms with E-state index in [9.17, 15) is 8.42 Å². The number of nitrogens with zero attached hydrogens (tertiary/aromatic N) is 3. The predicted octanol–water partition coefficient (Wildman–Crippen LogP) is 0.753. The SMILES string of the molecule is CCCNC(C)c1nnc(N2CCS(=O)(=O)CC2C)o1. The third-order valence-electron chi connectivity index (χ3n) is 3.42. The minimum Gasteiger partial charge on any atom is -0.406 e. The van der Waals surface area contributed by atoms with Gasteiger partial charge in [-0.15, -0.1) is 5.10 Å². The van der Waals surface area contributed by atoms with Gasteiger partial charge in [0.2, 0.25) is 5.89 Å². The molecule has 2 heterocycles. The Morgan fingerprint density at radius 2 is 2.25 bits per heavy atom. The third kappa shape index (κ3) is 3.49. The van der Waals surface area contributed by atoms with Gasteiger partial charge in [-0.3, -0.25) is 0 Å². The van der Waals surface area contributed by atoms with Crippen molar-refractivity contribution in [3.8, 4) is 0 Å². The average Bonchev–Trinajstić information content (AvgIpc) is 2.84. The summed E-state index contributed by atoms with van der Waals surface area (Å²) in [5.74, 6) is 0.807. The number of hydrogen-bond acceptors (Lipinski definition) is 7. The van der Waals surface area contributed by atoms with E-state index >= 15 is 0 Å². The summed E-state index contributed by atoms with van der Waals surface area (Å²) in [6.07, 6.45) is 1.03. The van der Waals surface area contributed by atoms with E-state index < -0.39 is 9.84 Å². The van der Waals surface area contributed by atoms with Gasteiger partial charge in [0, 0.05) is 12.6 Å². The number of rotatable bonds is 5. The zero-order chi connectivity index (χ0) is 14.8. The van der Waals surface area contributed by atoms with Crippen LogP contribution in [0.2, 0.25) is 0 Å². The summed E-state index contributed by atoms with van der Waals surface area (Å²) in [7, 11) is -2.94. The van der Waals surface area contributed by atoms with Crippen LogP contribution in [0.1, 0.15) is 39.1 Å². The molecular formula is C12H22N4O3S. The maximum Gasteiger partial charge on any atom is 0.318 e. The Bertz CT molecular complexity index is 543. The normalized spacial score (nSPS) is 23.8. The van der Waals surface area contributed by atoms with E-state index in [1.54, 1.807) is 0 Å². The number of hydrogen-bond donors (Lipinski definition) is 1. The molecule has 2 rings (SSSR count). The highest BCUT2D eigenvalue weighted by Crippen LogP contribution is 2.22. The van der Waals surface area contributed by atoms with E-state index in [0.717, 1.165) is 13.0 Å².